The van der Waals surface area contributed by atoms with Crippen molar-refractivity contribution >= 4 is 12.2 Å². The molecular formula is C20H24O4. The van der Waals surface area contributed by atoms with Gasteiger partial charge < -0.3 is 18.9 Å². The summed E-state index contributed by atoms with van der Waals surface area (Å²) >= 11 is 0. The number of methoxy groups -OCH3 is 4. The van der Waals surface area contributed by atoms with Crippen LogP contribution in [0.5, 0.6) is 23.0 Å². The molecule has 2 aromatic carbocycles. The van der Waals surface area contributed by atoms with Gasteiger partial charge in [-0.05, 0) is 49.2 Å². The van der Waals surface area contributed by atoms with Gasteiger partial charge in [-0.1, -0.05) is 12.2 Å². The first-order valence-electron chi connectivity index (χ1n) is 7.67. The van der Waals surface area contributed by atoms with E-state index in [1.807, 2.05) is 50.3 Å². The van der Waals surface area contributed by atoms with Crippen LogP contribution in [0.4, 0.5) is 0 Å². The third-order valence-electron chi connectivity index (χ3n) is 3.94. The molecule has 0 radical (unpaired) electrons. The fourth-order valence-electron chi connectivity index (χ4n) is 2.59. The monoisotopic (exact) mass is 328 g/mol. The maximum Gasteiger partial charge on any atom is 0.126 e. The van der Waals surface area contributed by atoms with Crippen LogP contribution in [0.25, 0.3) is 12.2 Å². The normalized spacial score (nSPS) is 10.8. The number of benzene rings is 2. The second-order valence-electron chi connectivity index (χ2n) is 5.46. The molecule has 0 saturated carbocycles. The van der Waals surface area contributed by atoms with Crippen molar-refractivity contribution in [2.24, 2.45) is 0 Å². The molecule has 0 aliphatic rings. The lowest BCUT2D eigenvalue weighted by Gasteiger charge is -2.12. The maximum atomic E-state index is 5.47. The summed E-state index contributed by atoms with van der Waals surface area (Å²) in [6.07, 6.45) is 3.96. The van der Waals surface area contributed by atoms with Gasteiger partial charge in [0.05, 0.1) is 28.4 Å². The molecule has 0 aromatic heterocycles. The van der Waals surface area contributed by atoms with Gasteiger partial charge in [0.1, 0.15) is 23.0 Å². The third-order valence-corrected chi connectivity index (χ3v) is 3.94. The molecule has 24 heavy (non-hydrogen) atoms. The number of rotatable bonds is 6. The summed E-state index contributed by atoms with van der Waals surface area (Å²) in [7, 11) is 6.65. The first-order valence-corrected chi connectivity index (χ1v) is 7.67. The van der Waals surface area contributed by atoms with Gasteiger partial charge in [0.15, 0.2) is 0 Å². The van der Waals surface area contributed by atoms with E-state index in [-0.39, 0.29) is 0 Å². The Hall–Kier alpha value is -2.62. The number of hydrogen-bond donors (Lipinski definition) is 0. The molecule has 0 spiro atoms. The fourth-order valence-corrected chi connectivity index (χ4v) is 2.59. The summed E-state index contributed by atoms with van der Waals surface area (Å²) in [5.41, 5.74) is 3.92. The molecule has 0 aliphatic carbocycles. The molecule has 2 rings (SSSR count). The van der Waals surface area contributed by atoms with E-state index in [2.05, 4.69) is 0 Å². The summed E-state index contributed by atoms with van der Waals surface area (Å²) in [6, 6.07) is 7.85. The molecule has 0 aliphatic heterocycles. The molecule has 4 nitrogen and oxygen atoms in total. The largest absolute Gasteiger partial charge is 0.496 e. The lowest BCUT2D eigenvalue weighted by molar-refractivity contribution is 0.399. The zero-order chi connectivity index (χ0) is 17.7. The Morgan fingerprint density at radius 1 is 0.542 bits per heavy atom. The molecule has 128 valence electrons. The molecule has 4 heteroatoms. The van der Waals surface area contributed by atoms with E-state index >= 15 is 0 Å². The number of hydrogen-bond acceptors (Lipinski definition) is 4. The second-order valence-corrected chi connectivity index (χ2v) is 5.46. The lowest BCUT2D eigenvalue weighted by atomic mass is 10.1. The van der Waals surface area contributed by atoms with Crippen molar-refractivity contribution in [2.45, 2.75) is 13.8 Å². The Morgan fingerprint density at radius 2 is 0.875 bits per heavy atom. The van der Waals surface area contributed by atoms with Crippen LogP contribution in [-0.4, -0.2) is 28.4 Å². The van der Waals surface area contributed by atoms with E-state index in [9.17, 15) is 0 Å². The zero-order valence-electron chi connectivity index (χ0n) is 15.1. The van der Waals surface area contributed by atoms with E-state index in [0.29, 0.717) is 0 Å². The fraction of sp³-hybridized carbons (Fsp3) is 0.300. The van der Waals surface area contributed by atoms with E-state index < -0.39 is 0 Å². The summed E-state index contributed by atoms with van der Waals surface area (Å²) in [5, 5.41) is 0. The predicted molar refractivity (Wildman–Crippen MR) is 97.5 cm³/mol. The third kappa shape index (κ3) is 3.65. The highest BCUT2D eigenvalue weighted by Crippen LogP contribution is 2.32. The van der Waals surface area contributed by atoms with Crippen LogP contribution in [0.2, 0.25) is 0 Å². The molecule has 0 saturated heterocycles. The van der Waals surface area contributed by atoms with Gasteiger partial charge in [-0.3, -0.25) is 0 Å². The highest BCUT2D eigenvalue weighted by molar-refractivity contribution is 5.77. The molecule has 2 aromatic rings. The van der Waals surface area contributed by atoms with Crippen LogP contribution < -0.4 is 18.9 Å². The minimum absolute atomic E-state index is 0.794. The van der Waals surface area contributed by atoms with E-state index in [1.54, 1.807) is 28.4 Å². The Morgan fingerprint density at radius 3 is 1.17 bits per heavy atom. The molecule has 0 N–H and O–H groups in total. The lowest BCUT2D eigenvalue weighted by Crippen LogP contribution is -1.94. The Bertz CT molecular complexity index is 684. The van der Waals surface area contributed by atoms with Crippen molar-refractivity contribution < 1.29 is 18.9 Å². The average Bonchev–Trinajstić information content (AvgIpc) is 2.60. The Balaban J connectivity index is 2.47. The molecule has 0 heterocycles. The summed E-state index contributed by atoms with van der Waals surface area (Å²) in [5.74, 6) is 3.23. The first kappa shape index (κ1) is 17.7. The molecule has 0 amide bonds. The van der Waals surface area contributed by atoms with Gasteiger partial charge in [0, 0.05) is 11.1 Å². The van der Waals surface area contributed by atoms with Crippen molar-refractivity contribution in [2.75, 3.05) is 28.4 Å². The van der Waals surface area contributed by atoms with Crippen molar-refractivity contribution in [3.05, 3.63) is 46.5 Å². The number of aryl methyl sites for hydroxylation is 2. The average molecular weight is 328 g/mol. The van der Waals surface area contributed by atoms with Gasteiger partial charge >= 0.3 is 0 Å². The first-order chi connectivity index (χ1) is 11.5. The van der Waals surface area contributed by atoms with Crippen LogP contribution in [0.15, 0.2) is 24.3 Å². The van der Waals surface area contributed by atoms with E-state index in [1.165, 1.54) is 0 Å². The van der Waals surface area contributed by atoms with Gasteiger partial charge in [-0.15, -0.1) is 0 Å². The molecule has 0 bridgehead atoms. The van der Waals surface area contributed by atoms with Crippen LogP contribution in [-0.2, 0) is 0 Å². The summed E-state index contributed by atoms with van der Waals surface area (Å²) in [4.78, 5) is 0. The molecule has 0 fully saturated rings. The van der Waals surface area contributed by atoms with Crippen molar-refractivity contribution in [3.8, 4) is 23.0 Å². The van der Waals surface area contributed by atoms with E-state index in [0.717, 1.165) is 45.3 Å². The minimum Gasteiger partial charge on any atom is -0.496 e. The van der Waals surface area contributed by atoms with Crippen molar-refractivity contribution in [3.63, 3.8) is 0 Å². The van der Waals surface area contributed by atoms with Crippen LogP contribution in [0.3, 0.4) is 0 Å². The topological polar surface area (TPSA) is 36.9 Å². The standard InChI is InChI=1S/C20H24O4/c1-13-9-19(23-5)15(11-17(13)21-3)7-8-16-12-18(22-4)14(2)10-20(16)24-6/h7-12H,1-6H3/b8-7-. The van der Waals surface area contributed by atoms with E-state index in [4.69, 9.17) is 18.9 Å². The second kappa shape index (κ2) is 7.77. The molecule has 0 unspecified atom stereocenters. The van der Waals surface area contributed by atoms with Crippen molar-refractivity contribution in [1.82, 2.24) is 0 Å². The predicted octanol–water partition coefficient (Wildman–Crippen LogP) is 4.51. The SMILES string of the molecule is COc1cc(/C=C\c2cc(OC)c(C)cc2OC)c(OC)cc1C. The quantitative estimate of drug-likeness (QED) is 0.731. The number of ether oxygens (including phenoxy) is 4. The Kier molecular flexibility index (Phi) is 5.74. The zero-order valence-corrected chi connectivity index (χ0v) is 15.1. The maximum absolute atomic E-state index is 5.47. The van der Waals surface area contributed by atoms with Crippen LogP contribution >= 0.6 is 0 Å². The smallest absolute Gasteiger partial charge is 0.126 e. The van der Waals surface area contributed by atoms with Gasteiger partial charge in [0.2, 0.25) is 0 Å². The Labute approximate surface area is 143 Å². The highest BCUT2D eigenvalue weighted by atomic mass is 16.5. The summed E-state index contributed by atoms with van der Waals surface area (Å²) < 4.78 is 21.7. The van der Waals surface area contributed by atoms with Crippen LogP contribution in [0, 0.1) is 13.8 Å². The highest BCUT2D eigenvalue weighted by Gasteiger charge is 2.09. The summed E-state index contributed by atoms with van der Waals surface area (Å²) in [6.45, 7) is 3.98. The van der Waals surface area contributed by atoms with Gasteiger partial charge in [-0.2, -0.15) is 0 Å². The van der Waals surface area contributed by atoms with Crippen molar-refractivity contribution in [1.29, 1.82) is 0 Å². The minimum atomic E-state index is 0.794. The van der Waals surface area contributed by atoms with Gasteiger partial charge in [-0.25, -0.2) is 0 Å². The molecule has 0 atom stereocenters. The molecular weight excluding hydrogens is 304 g/mol. The van der Waals surface area contributed by atoms with Crippen LogP contribution in [0.1, 0.15) is 22.3 Å². The van der Waals surface area contributed by atoms with Gasteiger partial charge in [0.25, 0.3) is 0 Å².